The van der Waals surface area contributed by atoms with Crippen LogP contribution in [0.5, 0.6) is 0 Å². The molecule has 1 aromatic heterocycles. The minimum Gasteiger partial charge on any atom is -0.354 e. The molecule has 3 rings (SSSR count). The molecule has 0 N–H and O–H groups in total. The number of nitrogens with zero attached hydrogens (tertiary/aromatic N) is 5. The SMILES string of the molecule is CCN(CC)C(=O)CN1CCN(c2ccc(S(=O)(=O)N(CC)c3ccccc3)cn2)CC1. The number of likely N-dealkylation sites (N-methyl/N-ethyl adjacent to an activating group) is 1. The highest BCUT2D eigenvalue weighted by Crippen LogP contribution is 2.24. The second-order valence-electron chi connectivity index (χ2n) is 7.69. The second-order valence-corrected chi connectivity index (χ2v) is 9.55. The number of piperazine rings is 1. The monoisotopic (exact) mass is 459 g/mol. The van der Waals surface area contributed by atoms with Crippen LogP contribution in [0.15, 0.2) is 53.6 Å². The molecule has 9 heteroatoms. The number of aromatic nitrogens is 1. The quantitative estimate of drug-likeness (QED) is 0.573. The van der Waals surface area contributed by atoms with Gasteiger partial charge in [0.25, 0.3) is 10.0 Å². The maximum Gasteiger partial charge on any atom is 0.265 e. The molecule has 0 aliphatic carbocycles. The van der Waals surface area contributed by atoms with Gasteiger partial charge in [0.1, 0.15) is 10.7 Å². The Kier molecular flexibility index (Phi) is 8.09. The molecule has 174 valence electrons. The first kappa shape index (κ1) is 24.0. The van der Waals surface area contributed by atoms with E-state index < -0.39 is 10.0 Å². The highest BCUT2D eigenvalue weighted by atomic mass is 32.2. The number of amides is 1. The molecular formula is C23H33N5O3S. The lowest BCUT2D eigenvalue weighted by molar-refractivity contribution is -0.132. The van der Waals surface area contributed by atoms with E-state index in [1.54, 1.807) is 24.3 Å². The first-order valence-electron chi connectivity index (χ1n) is 11.2. The summed E-state index contributed by atoms with van der Waals surface area (Å²) >= 11 is 0. The summed E-state index contributed by atoms with van der Waals surface area (Å²) in [4.78, 5) is 23.1. The van der Waals surface area contributed by atoms with E-state index in [9.17, 15) is 13.2 Å². The number of hydrogen-bond donors (Lipinski definition) is 0. The van der Waals surface area contributed by atoms with Crippen molar-refractivity contribution in [1.29, 1.82) is 0 Å². The standard InChI is InChI=1S/C23H33N5O3S/c1-4-26(5-2)23(29)19-25-14-16-27(17-15-25)22-13-12-21(18-24-22)32(30,31)28(6-3)20-10-8-7-9-11-20/h7-13,18H,4-6,14-17,19H2,1-3H3. The van der Waals surface area contributed by atoms with Crippen LogP contribution in [0.25, 0.3) is 0 Å². The van der Waals surface area contributed by atoms with Gasteiger partial charge in [-0.05, 0) is 45.0 Å². The predicted molar refractivity (Wildman–Crippen MR) is 127 cm³/mol. The van der Waals surface area contributed by atoms with Crippen LogP contribution in [-0.2, 0) is 14.8 Å². The van der Waals surface area contributed by atoms with Crippen molar-refractivity contribution in [3.8, 4) is 0 Å². The third kappa shape index (κ3) is 5.39. The lowest BCUT2D eigenvalue weighted by Gasteiger charge is -2.35. The zero-order chi connectivity index (χ0) is 23.1. The van der Waals surface area contributed by atoms with Gasteiger partial charge in [-0.3, -0.25) is 14.0 Å². The molecule has 0 bridgehead atoms. The molecule has 1 aliphatic heterocycles. The first-order chi connectivity index (χ1) is 15.4. The van der Waals surface area contributed by atoms with Gasteiger partial charge >= 0.3 is 0 Å². The topological polar surface area (TPSA) is 77.1 Å². The molecule has 0 unspecified atom stereocenters. The molecule has 1 amide bonds. The van der Waals surface area contributed by atoms with Crippen LogP contribution in [0, 0.1) is 0 Å². The summed E-state index contributed by atoms with van der Waals surface area (Å²) in [5, 5.41) is 0. The summed E-state index contributed by atoms with van der Waals surface area (Å²) in [6.45, 7) is 11.1. The third-order valence-corrected chi connectivity index (χ3v) is 7.70. The van der Waals surface area contributed by atoms with E-state index in [0.29, 0.717) is 18.8 Å². The van der Waals surface area contributed by atoms with E-state index >= 15 is 0 Å². The van der Waals surface area contributed by atoms with Crippen molar-refractivity contribution in [2.24, 2.45) is 0 Å². The number of carbonyl (C=O) groups excluding carboxylic acids is 1. The van der Waals surface area contributed by atoms with Gasteiger partial charge < -0.3 is 9.80 Å². The van der Waals surface area contributed by atoms with Gasteiger partial charge in [-0.25, -0.2) is 13.4 Å². The molecule has 8 nitrogen and oxygen atoms in total. The number of carbonyl (C=O) groups is 1. The number of sulfonamides is 1. The van der Waals surface area contributed by atoms with Gasteiger partial charge in [-0.1, -0.05) is 18.2 Å². The van der Waals surface area contributed by atoms with Gasteiger partial charge in [0, 0.05) is 52.0 Å². The summed E-state index contributed by atoms with van der Waals surface area (Å²) in [7, 11) is -3.69. The summed E-state index contributed by atoms with van der Waals surface area (Å²) in [6.07, 6.45) is 1.44. The molecule has 0 spiro atoms. The molecule has 1 aliphatic rings. The number of anilines is 2. The number of pyridine rings is 1. The smallest absolute Gasteiger partial charge is 0.265 e. The Labute approximate surface area is 191 Å². The molecule has 1 saturated heterocycles. The highest BCUT2D eigenvalue weighted by molar-refractivity contribution is 7.92. The van der Waals surface area contributed by atoms with Crippen molar-refractivity contribution >= 4 is 27.4 Å². The predicted octanol–water partition coefficient (Wildman–Crippen LogP) is 2.29. The van der Waals surface area contributed by atoms with E-state index in [1.165, 1.54) is 10.5 Å². The normalized spacial score (nSPS) is 14.9. The van der Waals surface area contributed by atoms with Crippen molar-refractivity contribution in [2.45, 2.75) is 25.7 Å². The molecule has 1 fully saturated rings. The Balaban J connectivity index is 1.63. The maximum absolute atomic E-state index is 13.1. The third-order valence-electron chi connectivity index (χ3n) is 5.81. The lowest BCUT2D eigenvalue weighted by atomic mass is 10.3. The van der Waals surface area contributed by atoms with Gasteiger partial charge in [-0.15, -0.1) is 0 Å². The minimum absolute atomic E-state index is 0.162. The fourth-order valence-electron chi connectivity index (χ4n) is 3.93. The van der Waals surface area contributed by atoms with Crippen LogP contribution < -0.4 is 9.21 Å². The molecule has 2 heterocycles. The number of benzene rings is 1. The molecule has 1 aromatic carbocycles. The average Bonchev–Trinajstić information content (AvgIpc) is 2.81. The van der Waals surface area contributed by atoms with Crippen LogP contribution in [0.3, 0.4) is 0 Å². The Morgan fingerprint density at radius 3 is 2.12 bits per heavy atom. The zero-order valence-corrected chi connectivity index (χ0v) is 20.0. The average molecular weight is 460 g/mol. The Bertz CT molecular complexity index is 970. The van der Waals surface area contributed by atoms with Gasteiger partial charge in [0.15, 0.2) is 0 Å². The number of rotatable bonds is 9. The summed E-state index contributed by atoms with van der Waals surface area (Å²) in [5.41, 5.74) is 0.634. The van der Waals surface area contributed by atoms with E-state index in [2.05, 4.69) is 14.8 Å². The van der Waals surface area contributed by atoms with E-state index in [1.807, 2.05) is 43.9 Å². The van der Waals surface area contributed by atoms with Crippen LogP contribution in [-0.4, -0.2) is 81.5 Å². The Morgan fingerprint density at radius 2 is 1.59 bits per heavy atom. The first-order valence-corrected chi connectivity index (χ1v) is 12.6. The molecule has 0 saturated carbocycles. The molecule has 2 aromatic rings. The van der Waals surface area contributed by atoms with Crippen LogP contribution >= 0.6 is 0 Å². The molecule has 32 heavy (non-hydrogen) atoms. The molecular weight excluding hydrogens is 426 g/mol. The lowest BCUT2D eigenvalue weighted by Crippen LogP contribution is -2.50. The number of para-hydroxylation sites is 1. The van der Waals surface area contributed by atoms with Gasteiger partial charge in [0.05, 0.1) is 12.2 Å². The van der Waals surface area contributed by atoms with Crippen molar-refractivity contribution in [3.05, 3.63) is 48.7 Å². The van der Waals surface area contributed by atoms with Crippen LogP contribution in [0.1, 0.15) is 20.8 Å². The van der Waals surface area contributed by atoms with E-state index in [0.717, 1.165) is 45.1 Å². The van der Waals surface area contributed by atoms with Crippen molar-refractivity contribution in [3.63, 3.8) is 0 Å². The Hall–Kier alpha value is -2.65. The Morgan fingerprint density at radius 1 is 0.938 bits per heavy atom. The number of hydrogen-bond acceptors (Lipinski definition) is 6. The molecule has 0 atom stereocenters. The summed E-state index contributed by atoms with van der Waals surface area (Å²) in [5.74, 6) is 0.913. The largest absolute Gasteiger partial charge is 0.354 e. The van der Waals surface area contributed by atoms with Crippen molar-refractivity contribution in [1.82, 2.24) is 14.8 Å². The molecule has 0 radical (unpaired) electrons. The maximum atomic E-state index is 13.1. The van der Waals surface area contributed by atoms with E-state index in [-0.39, 0.29) is 10.8 Å². The van der Waals surface area contributed by atoms with Crippen LogP contribution in [0.2, 0.25) is 0 Å². The second kappa shape index (κ2) is 10.8. The summed E-state index contributed by atoms with van der Waals surface area (Å²) < 4.78 is 27.6. The minimum atomic E-state index is -3.69. The van der Waals surface area contributed by atoms with Crippen LogP contribution in [0.4, 0.5) is 11.5 Å². The van der Waals surface area contributed by atoms with Crippen molar-refractivity contribution in [2.75, 3.05) is 61.6 Å². The highest BCUT2D eigenvalue weighted by Gasteiger charge is 2.25. The van der Waals surface area contributed by atoms with Gasteiger partial charge in [-0.2, -0.15) is 0 Å². The van der Waals surface area contributed by atoms with Crippen molar-refractivity contribution < 1.29 is 13.2 Å². The zero-order valence-electron chi connectivity index (χ0n) is 19.1. The van der Waals surface area contributed by atoms with Gasteiger partial charge in [0.2, 0.25) is 5.91 Å². The fourth-order valence-corrected chi connectivity index (χ4v) is 5.35. The summed E-state index contributed by atoms with van der Waals surface area (Å²) in [6, 6.07) is 12.5. The fraction of sp³-hybridized carbons (Fsp3) is 0.478. The van der Waals surface area contributed by atoms with E-state index in [4.69, 9.17) is 0 Å².